The van der Waals surface area contributed by atoms with E-state index < -0.39 is 0 Å². The Labute approximate surface area is 161 Å². The number of hydrogen-bond donors (Lipinski definition) is 0. The van der Waals surface area contributed by atoms with Gasteiger partial charge >= 0.3 is 5.97 Å². The van der Waals surface area contributed by atoms with Crippen LogP contribution in [0.4, 0.5) is 0 Å². The van der Waals surface area contributed by atoms with Gasteiger partial charge in [-0.3, -0.25) is 9.59 Å². The number of piperidine rings is 1. The van der Waals surface area contributed by atoms with Crippen LogP contribution in [-0.4, -0.2) is 41.5 Å². The van der Waals surface area contributed by atoms with Crippen molar-refractivity contribution in [2.75, 3.05) is 19.7 Å². The second-order valence-corrected chi connectivity index (χ2v) is 6.82. The van der Waals surface area contributed by atoms with Crippen molar-refractivity contribution in [3.05, 3.63) is 40.2 Å². The number of nitrogens with zero attached hydrogens (tertiary/aromatic N) is 2. The second kappa shape index (κ2) is 8.10. The molecule has 2 aromatic rings. The Morgan fingerprint density at radius 1 is 1.35 bits per heavy atom. The first-order valence-electron chi connectivity index (χ1n) is 8.36. The predicted molar refractivity (Wildman–Crippen MR) is 97.2 cm³/mol. The zero-order valence-corrected chi connectivity index (χ0v) is 15.7. The first kappa shape index (κ1) is 18.7. The Morgan fingerprint density at radius 3 is 2.88 bits per heavy atom. The van der Waals surface area contributed by atoms with Crippen molar-refractivity contribution in [1.29, 1.82) is 0 Å². The zero-order valence-electron chi connectivity index (χ0n) is 14.2. The Kier molecular flexibility index (Phi) is 5.84. The highest BCUT2D eigenvalue weighted by Crippen LogP contribution is 2.28. The van der Waals surface area contributed by atoms with E-state index in [0.717, 1.165) is 12.8 Å². The SMILES string of the molecule is CCOC(=O)C1CCCN(C(=O)c2coc(-c3ccc(Cl)c(Cl)c3)n2)C1. The van der Waals surface area contributed by atoms with E-state index in [1.54, 1.807) is 30.0 Å². The van der Waals surface area contributed by atoms with E-state index in [9.17, 15) is 9.59 Å². The highest BCUT2D eigenvalue weighted by molar-refractivity contribution is 6.42. The van der Waals surface area contributed by atoms with Gasteiger partial charge in [-0.15, -0.1) is 0 Å². The summed E-state index contributed by atoms with van der Waals surface area (Å²) in [5.74, 6) is -0.546. The summed E-state index contributed by atoms with van der Waals surface area (Å²) in [7, 11) is 0. The molecule has 1 unspecified atom stereocenters. The van der Waals surface area contributed by atoms with Crippen molar-refractivity contribution < 1.29 is 18.7 Å². The van der Waals surface area contributed by atoms with Gasteiger partial charge in [-0.25, -0.2) is 4.98 Å². The van der Waals surface area contributed by atoms with Gasteiger partial charge in [0.2, 0.25) is 5.89 Å². The van der Waals surface area contributed by atoms with Crippen molar-refractivity contribution in [3.8, 4) is 11.5 Å². The van der Waals surface area contributed by atoms with E-state index in [0.29, 0.717) is 35.3 Å². The van der Waals surface area contributed by atoms with Crippen LogP contribution in [0.2, 0.25) is 10.0 Å². The largest absolute Gasteiger partial charge is 0.466 e. The van der Waals surface area contributed by atoms with E-state index in [4.69, 9.17) is 32.4 Å². The molecule has 8 heteroatoms. The van der Waals surface area contributed by atoms with Crippen LogP contribution in [0, 0.1) is 5.92 Å². The van der Waals surface area contributed by atoms with E-state index in [1.807, 2.05) is 0 Å². The molecule has 1 amide bonds. The number of halogens is 2. The summed E-state index contributed by atoms with van der Waals surface area (Å²) in [6, 6.07) is 4.98. The summed E-state index contributed by atoms with van der Waals surface area (Å²) in [5, 5.41) is 0.806. The van der Waals surface area contributed by atoms with Gasteiger partial charge in [-0.2, -0.15) is 0 Å². The van der Waals surface area contributed by atoms with Crippen LogP contribution in [0.25, 0.3) is 11.5 Å². The lowest BCUT2D eigenvalue weighted by Crippen LogP contribution is -2.42. The number of likely N-dealkylation sites (tertiary alicyclic amines) is 1. The average molecular weight is 397 g/mol. The highest BCUT2D eigenvalue weighted by Gasteiger charge is 2.31. The molecule has 138 valence electrons. The van der Waals surface area contributed by atoms with Gasteiger partial charge in [0.1, 0.15) is 6.26 Å². The third kappa shape index (κ3) is 4.02. The lowest BCUT2D eigenvalue weighted by molar-refractivity contribution is -0.149. The maximum atomic E-state index is 12.7. The molecule has 6 nitrogen and oxygen atoms in total. The van der Waals surface area contributed by atoms with Crippen LogP contribution in [0.15, 0.2) is 28.9 Å². The maximum absolute atomic E-state index is 12.7. The minimum atomic E-state index is -0.297. The molecule has 0 bridgehead atoms. The number of carbonyl (C=O) groups excluding carboxylic acids is 2. The molecule has 26 heavy (non-hydrogen) atoms. The smallest absolute Gasteiger partial charge is 0.310 e. The maximum Gasteiger partial charge on any atom is 0.310 e. The monoisotopic (exact) mass is 396 g/mol. The summed E-state index contributed by atoms with van der Waals surface area (Å²) >= 11 is 11.9. The summed E-state index contributed by atoms with van der Waals surface area (Å²) in [6.07, 6.45) is 2.77. The molecule has 1 saturated heterocycles. The molecule has 1 fully saturated rings. The van der Waals surface area contributed by atoms with E-state index in [1.165, 1.54) is 6.26 Å². The first-order valence-corrected chi connectivity index (χ1v) is 9.12. The number of carbonyl (C=O) groups is 2. The summed E-state index contributed by atoms with van der Waals surface area (Å²) < 4.78 is 10.5. The topological polar surface area (TPSA) is 72.6 Å². The molecule has 1 aromatic heterocycles. The predicted octanol–water partition coefficient (Wildman–Crippen LogP) is 4.06. The normalized spacial score (nSPS) is 17.2. The Hall–Kier alpha value is -2.05. The number of rotatable bonds is 4. The van der Waals surface area contributed by atoms with Gasteiger partial charge in [-0.05, 0) is 38.0 Å². The number of aromatic nitrogens is 1. The molecule has 2 heterocycles. The molecule has 0 N–H and O–H groups in total. The molecule has 0 radical (unpaired) electrons. The van der Waals surface area contributed by atoms with Crippen LogP contribution in [-0.2, 0) is 9.53 Å². The molecule has 1 aromatic carbocycles. The summed E-state index contributed by atoms with van der Waals surface area (Å²) in [6.45, 7) is 3.00. The Morgan fingerprint density at radius 2 is 2.15 bits per heavy atom. The first-order chi connectivity index (χ1) is 12.5. The van der Waals surface area contributed by atoms with Crippen LogP contribution in [0.1, 0.15) is 30.3 Å². The van der Waals surface area contributed by atoms with Gasteiger partial charge < -0.3 is 14.1 Å². The number of hydrogen-bond acceptors (Lipinski definition) is 5. The van der Waals surface area contributed by atoms with Crippen LogP contribution in [0.5, 0.6) is 0 Å². The van der Waals surface area contributed by atoms with Gasteiger partial charge in [0, 0.05) is 18.7 Å². The molecule has 1 aliphatic rings. The molecular formula is C18H18Cl2N2O4. The van der Waals surface area contributed by atoms with Gasteiger partial charge in [-0.1, -0.05) is 23.2 Å². The molecule has 0 aliphatic carbocycles. The van der Waals surface area contributed by atoms with Crippen molar-refractivity contribution in [2.45, 2.75) is 19.8 Å². The van der Waals surface area contributed by atoms with E-state index in [2.05, 4.69) is 4.98 Å². The lowest BCUT2D eigenvalue weighted by atomic mass is 9.98. The summed E-state index contributed by atoms with van der Waals surface area (Å²) in [5.41, 5.74) is 0.817. The average Bonchev–Trinajstić information content (AvgIpc) is 3.14. The fourth-order valence-electron chi connectivity index (χ4n) is 2.91. The van der Waals surface area contributed by atoms with Crippen molar-refractivity contribution in [2.24, 2.45) is 5.92 Å². The second-order valence-electron chi connectivity index (χ2n) is 6.01. The number of benzene rings is 1. The van der Waals surface area contributed by atoms with Crippen molar-refractivity contribution in [3.63, 3.8) is 0 Å². The van der Waals surface area contributed by atoms with Gasteiger partial charge in [0.05, 0.1) is 22.6 Å². The molecule has 0 spiro atoms. The van der Waals surface area contributed by atoms with Crippen molar-refractivity contribution in [1.82, 2.24) is 9.88 Å². The Bertz CT molecular complexity index is 821. The van der Waals surface area contributed by atoms with Crippen molar-refractivity contribution >= 4 is 35.1 Å². The molecule has 3 rings (SSSR count). The standard InChI is InChI=1S/C18H18Cl2N2O4/c1-2-25-18(24)12-4-3-7-22(9-12)17(23)15-10-26-16(21-15)11-5-6-13(19)14(20)8-11/h5-6,8,10,12H,2-4,7,9H2,1H3. The fraction of sp³-hybridized carbons (Fsp3) is 0.389. The lowest BCUT2D eigenvalue weighted by Gasteiger charge is -2.30. The van der Waals surface area contributed by atoms with Crippen LogP contribution < -0.4 is 0 Å². The minimum Gasteiger partial charge on any atom is -0.466 e. The molecule has 1 aliphatic heterocycles. The highest BCUT2D eigenvalue weighted by atomic mass is 35.5. The Balaban J connectivity index is 1.73. The number of amides is 1. The number of oxazole rings is 1. The third-order valence-corrected chi connectivity index (χ3v) is 4.96. The summed E-state index contributed by atoms with van der Waals surface area (Å²) in [4.78, 5) is 30.5. The zero-order chi connectivity index (χ0) is 18.7. The van der Waals surface area contributed by atoms with E-state index >= 15 is 0 Å². The van der Waals surface area contributed by atoms with Crippen LogP contribution in [0.3, 0.4) is 0 Å². The molecule has 1 atom stereocenters. The fourth-order valence-corrected chi connectivity index (χ4v) is 3.21. The van der Waals surface area contributed by atoms with Gasteiger partial charge in [0.15, 0.2) is 5.69 Å². The van der Waals surface area contributed by atoms with Crippen LogP contribution >= 0.6 is 23.2 Å². The number of esters is 1. The molecule has 0 saturated carbocycles. The third-order valence-electron chi connectivity index (χ3n) is 4.22. The molecular weight excluding hydrogens is 379 g/mol. The van der Waals surface area contributed by atoms with E-state index in [-0.39, 0.29) is 29.4 Å². The quantitative estimate of drug-likeness (QED) is 0.728. The van der Waals surface area contributed by atoms with Gasteiger partial charge in [0.25, 0.3) is 5.91 Å². The minimum absolute atomic E-state index is 0.190. The number of ether oxygens (including phenoxy) is 1.